The van der Waals surface area contributed by atoms with Crippen molar-refractivity contribution in [1.82, 2.24) is 4.90 Å². The number of benzene rings is 1. The number of aliphatic carboxylic acids is 1. The van der Waals surface area contributed by atoms with Crippen LogP contribution in [0.3, 0.4) is 0 Å². The number of rotatable bonds is 5. The van der Waals surface area contributed by atoms with Gasteiger partial charge in [-0.3, -0.25) is 4.79 Å². The van der Waals surface area contributed by atoms with E-state index in [0.717, 1.165) is 18.5 Å². The van der Waals surface area contributed by atoms with E-state index in [9.17, 15) is 4.79 Å². The smallest absolute Gasteiger partial charge is 0.310 e. The maximum atomic E-state index is 10.9. The largest absolute Gasteiger partial charge is 0.481 e. The van der Waals surface area contributed by atoms with Gasteiger partial charge in [0.25, 0.3) is 0 Å². The molecule has 1 heterocycles. The summed E-state index contributed by atoms with van der Waals surface area (Å²) in [5, 5.41) is 8.97. The first-order valence-electron chi connectivity index (χ1n) is 7.21. The second-order valence-electron chi connectivity index (χ2n) is 5.45. The van der Waals surface area contributed by atoms with Gasteiger partial charge in [-0.15, -0.1) is 0 Å². The van der Waals surface area contributed by atoms with Gasteiger partial charge in [0.2, 0.25) is 0 Å². The normalized spacial score (nSPS) is 18.2. The Morgan fingerprint density at radius 1 is 1.21 bits per heavy atom. The van der Waals surface area contributed by atoms with Crippen LogP contribution in [0.5, 0.6) is 0 Å². The van der Waals surface area contributed by atoms with Crippen LogP contribution in [0, 0.1) is 0 Å². The summed E-state index contributed by atoms with van der Waals surface area (Å²) >= 11 is 0. The van der Waals surface area contributed by atoms with E-state index in [4.69, 9.17) is 5.11 Å². The molecule has 0 amide bonds. The van der Waals surface area contributed by atoms with Crippen molar-refractivity contribution in [1.29, 1.82) is 0 Å². The van der Waals surface area contributed by atoms with Crippen LogP contribution in [0.15, 0.2) is 24.3 Å². The molecule has 3 heteroatoms. The Balaban J connectivity index is 1.86. The van der Waals surface area contributed by atoms with Gasteiger partial charge in [0.05, 0.1) is 5.92 Å². The van der Waals surface area contributed by atoms with Crippen LogP contribution in [0.25, 0.3) is 0 Å². The number of nitrogens with zero attached hydrogens (tertiary/aromatic N) is 1. The zero-order valence-corrected chi connectivity index (χ0v) is 11.6. The summed E-state index contributed by atoms with van der Waals surface area (Å²) in [7, 11) is 0. The third-order valence-electron chi connectivity index (χ3n) is 4.02. The lowest BCUT2D eigenvalue weighted by Gasteiger charge is -2.26. The molecule has 1 aliphatic heterocycles. The Labute approximate surface area is 115 Å². The van der Waals surface area contributed by atoms with Crippen molar-refractivity contribution in [2.75, 3.05) is 19.6 Å². The van der Waals surface area contributed by atoms with E-state index in [2.05, 4.69) is 17.0 Å². The van der Waals surface area contributed by atoms with Crippen LogP contribution in [0.4, 0.5) is 0 Å². The molecule has 1 atom stereocenters. The predicted octanol–water partition coefficient (Wildman–Crippen LogP) is 2.90. The minimum absolute atomic E-state index is 0.420. The molecule has 0 saturated carbocycles. The summed E-state index contributed by atoms with van der Waals surface area (Å²) in [6.45, 7) is 5.31. The van der Waals surface area contributed by atoms with Gasteiger partial charge in [0, 0.05) is 6.54 Å². The number of carboxylic acids is 1. The molecule has 0 bridgehead atoms. The van der Waals surface area contributed by atoms with Crippen molar-refractivity contribution in [3.8, 4) is 0 Å². The van der Waals surface area contributed by atoms with Crippen molar-refractivity contribution in [2.45, 2.75) is 38.5 Å². The van der Waals surface area contributed by atoms with Crippen LogP contribution in [-0.2, 0) is 11.2 Å². The standard InChI is InChI=1S/C16H23NO2/c1-13(16(18)19)15-7-5-14(6-8-15)9-12-17-10-3-2-4-11-17/h5-8,13H,2-4,9-12H2,1H3,(H,18,19). The van der Waals surface area contributed by atoms with Crippen LogP contribution in [-0.4, -0.2) is 35.6 Å². The van der Waals surface area contributed by atoms with Gasteiger partial charge in [0.15, 0.2) is 0 Å². The highest BCUT2D eigenvalue weighted by molar-refractivity contribution is 5.75. The van der Waals surface area contributed by atoms with Gasteiger partial charge in [-0.25, -0.2) is 0 Å². The van der Waals surface area contributed by atoms with Gasteiger partial charge in [-0.1, -0.05) is 30.7 Å². The van der Waals surface area contributed by atoms with E-state index in [-0.39, 0.29) is 0 Å². The number of piperidine rings is 1. The van der Waals surface area contributed by atoms with E-state index in [0.29, 0.717) is 0 Å². The zero-order valence-electron chi connectivity index (χ0n) is 11.6. The summed E-state index contributed by atoms with van der Waals surface area (Å²) in [5.74, 6) is -1.18. The van der Waals surface area contributed by atoms with Gasteiger partial charge >= 0.3 is 5.97 Å². The van der Waals surface area contributed by atoms with Crippen LogP contribution < -0.4 is 0 Å². The topological polar surface area (TPSA) is 40.5 Å². The summed E-state index contributed by atoms with van der Waals surface area (Å²) in [6.07, 6.45) is 5.09. The zero-order chi connectivity index (χ0) is 13.7. The second-order valence-corrected chi connectivity index (χ2v) is 5.45. The molecule has 0 spiro atoms. The van der Waals surface area contributed by atoms with Crippen molar-refractivity contribution in [2.24, 2.45) is 0 Å². The fourth-order valence-corrected chi connectivity index (χ4v) is 2.59. The summed E-state index contributed by atoms with van der Waals surface area (Å²) in [4.78, 5) is 13.4. The molecule has 0 radical (unpaired) electrons. The molecule has 0 aliphatic carbocycles. The summed E-state index contributed by atoms with van der Waals surface area (Å²) in [6, 6.07) is 8.03. The van der Waals surface area contributed by atoms with E-state index >= 15 is 0 Å². The van der Waals surface area contributed by atoms with Gasteiger partial charge in [0.1, 0.15) is 0 Å². The first-order chi connectivity index (χ1) is 9.16. The molecule has 1 fully saturated rings. The van der Waals surface area contributed by atoms with Gasteiger partial charge in [-0.05, 0) is 50.4 Å². The van der Waals surface area contributed by atoms with E-state index in [1.807, 2.05) is 12.1 Å². The first kappa shape index (κ1) is 14.1. The molecule has 3 nitrogen and oxygen atoms in total. The molecule has 2 rings (SSSR count). The highest BCUT2D eigenvalue weighted by atomic mass is 16.4. The minimum atomic E-state index is -0.763. The maximum absolute atomic E-state index is 10.9. The Morgan fingerprint density at radius 3 is 2.42 bits per heavy atom. The molecule has 1 N–H and O–H groups in total. The molecule has 1 aromatic rings. The number of carboxylic acid groups (broad SMARTS) is 1. The Bertz CT molecular complexity index is 407. The highest BCUT2D eigenvalue weighted by Gasteiger charge is 2.13. The van der Waals surface area contributed by atoms with Gasteiger partial charge in [-0.2, -0.15) is 0 Å². The molecule has 104 valence electrons. The number of hydrogen-bond acceptors (Lipinski definition) is 2. The molecule has 19 heavy (non-hydrogen) atoms. The van der Waals surface area contributed by atoms with Crippen molar-refractivity contribution in [3.05, 3.63) is 35.4 Å². The average Bonchev–Trinajstić information content (AvgIpc) is 2.46. The van der Waals surface area contributed by atoms with Crippen LogP contribution in [0.2, 0.25) is 0 Å². The lowest BCUT2D eigenvalue weighted by Crippen LogP contribution is -2.31. The van der Waals surface area contributed by atoms with Gasteiger partial charge < -0.3 is 10.0 Å². The summed E-state index contributed by atoms with van der Waals surface area (Å²) < 4.78 is 0. The molecule has 0 aromatic heterocycles. The minimum Gasteiger partial charge on any atom is -0.481 e. The lowest BCUT2D eigenvalue weighted by molar-refractivity contribution is -0.138. The number of likely N-dealkylation sites (tertiary alicyclic amines) is 1. The molecule has 1 aliphatic rings. The Kier molecular flexibility index (Phi) is 4.97. The molecule has 1 unspecified atom stereocenters. The van der Waals surface area contributed by atoms with Crippen molar-refractivity contribution < 1.29 is 9.90 Å². The quantitative estimate of drug-likeness (QED) is 0.886. The summed E-state index contributed by atoms with van der Waals surface area (Å²) in [5.41, 5.74) is 2.18. The monoisotopic (exact) mass is 261 g/mol. The maximum Gasteiger partial charge on any atom is 0.310 e. The highest BCUT2D eigenvalue weighted by Crippen LogP contribution is 2.17. The fraction of sp³-hybridized carbons (Fsp3) is 0.562. The molecular formula is C16H23NO2. The van der Waals surface area contributed by atoms with E-state index in [1.54, 1.807) is 6.92 Å². The van der Waals surface area contributed by atoms with Crippen LogP contribution >= 0.6 is 0 Å². The Morgan fingerprint density at radius 2 is 1.84 bits per heavy atom. The Hall–Kier alpha value is -1.35. The van der Waals surface area contributed by atoms with E-state index in [1.165, 1.54) is 37.9 Å². The molecule has 1 aromatic carbocycles. The predicted molar refractivity (Wildman–Crippen MR) is 76.5 cm³/mol. The third-order valence-corrected chi connectivity index (χ3v) is 4.02. The SMILES string of the molecule is CC(C(=O)O)c1ccc(CCN2CCCCC2)cc1. The average molecular weight is 261 g/mol. The third kappa shape index (κ3) is 4.06. The number of hydrogen-bond donors (Lipinski definition) is 1. The second kappa shape index (κ2) is 6.71. The number of carbonyl (C=O) groups is 1. The molecule has 1 saturated heterocycles. The van der Waals surface area contributed by atoms with Crippen molar-refractivity contribution in [3.63, 3.8) is 0 Å². The van der Waals surface area contributed by atoms with Crippen molar-refractivity contribution >= 4 is 5.97 Å². The fourth-order valence-electron chi connectivity index (χ4n) is 2.59. The lowest BCUT2D eigenvalue weighted by atomic mass is 9.99. The van der Waals surface area contributed by atoms with E-state index < -0.39 is 11.9 Å². The first-order valence-corrected chi connectivity index (χ1v) is 7.21. The molecular weight excluding hydrogens is 238 g/mol. The van der Waals surface area contributed by atoms with Crippen LogP contribution in [0.1, 0.15) is 43.2 Å².